The highest BCUT2D eigenvalue weighted by Gasteiger charge is 2.04. The topological polar surface area (TPSA) is 41.6 Å². The van der Waals surface area contributed by atoms with Crippen LogP contribution in [0.5, 0.6) is 0 Å². The molecule has 2 aromatic carbocycles. The monoisotopic (exact) mass is 219 g/mol. The standard InChI is InChI=1S/C14H9N3/c1-2-4-12-9(3-1)7-10-11-8-15-17-14(11)6-5-13(10)16-12/h1-8H,(H,15,17). The van der Waals surface area contributed by atoms with Gasteiger partial charge in [0.2, 0.25) is 0 Å². The Balaban J connectivity index is 2.29. The summed E-state index contributed by atoms with van der Waals surface area (Å²) in [4.78, 5) is 4.67. The van der Waals surface area contributed by atoms with Crippen LogP contribution >= 0.6 is 0 Å². The Hall–Kier alpha value is -2.42. The highest BCUT2D eigenvalue weighted by molar-refractivity contribution is 6.08. The fourth-order valence-electron chi connectivity index (χ4n) is 2.27. The molecule has 0 bridgehead atoms. The van der Waals surface area contributed by atoms with E-state index in [9.17, 15) is 0 Å². The number of hydrogen-bond acceptors (Lipinski definition) is 2. The number of benzene rings is 2. The number of aromatic amines is 1. The lowest BCUT2D eigenvalue weighted by Gasteiger charge is -2.02. The van der Waals surface area contributed by atoms with Crippen molar-refractivity contribution in [3.05, 3.63) is 48.7 Å². The van der Waals surface area contributed by atoms with Gasteiger partial charge in [-0.2, -0.15) is 5.10 Å². The molecule has 0 aliphatic heterocycles. The fraction of sp³-hybridized carbons (Fsp3) is 0. The molecular weight excluding hydrogens is 210 g/mol. The highest BCUT2D eigenvalue weighted by atomic mass is 15.1. The van der Waals surface area contributed by atoms with E-state index in [-0.39, 0.29) is 0 Å². The van der Waals surface area contributed by atoms with Gasteiger partial charge >= 0.3 is 0 Å². The van der Waals surface area contributed by atoms with Gasteiger partial charge in [-0.1, -0.05) is 18.2 Å². The van der Waals surface area contributed by atoms with Crippen molar-refractivity contribution in [2.45, 2.75) is 0 Å². The predicted octanol–water partition coefficient (Wildman–Crippen LogP) is 3.26. The lowest BCUT2D eigenvalue weighted by atomic mass is 10.1. The van der Waals surface area contributed by atoms with Crippen LogP contribution in [0.4, 0.5) is 0 Å². The maximum absolute atomic E-state index is 4.67. The Morgan fingerprint density at radius 1 is 0.882 bits per heavy atom. The maximum Gasteiger partial charge on any atom is 0.0717 e. The van der Waals surface area contributed by atoms with Crippen molar-refractivity contribution in [2.75, 3.05) is 0 Å². The largest absolute Gasteiger partial charge is 0.278 e. The van der Waals surface area contributed by atoms with Crippen molar-refractivity contribution in [2.24, 2.45) is 0 Å². The Labute approximate surface area is 97.1 Å². The fourth-order valence-corrected chi connectivity index (χ4v) is 2.27. The number of hydrogen-bond donors (Lipinski definition) is 1. The van der Waals surface area contributed by atoms with E-state index in [4.69, 9.17) is 0 Å². The first-order valence-corrected chi connectivity index (χ1v) is 5.53. The molecule has 2 aromatic heterocycles. The van der Waals surface area contributed by atoms with E-state index in [2.05, 4.69) is 27.3 Å². The van der Waals surface area contributed by atoms with Gasteiger partial charge in [0.15, 0.2) is 0 Å². The molecule has 2 heterocycles. The summed E-state index contributed by atoms with van der Waals surface area (Å²) in [6, 6.07) is 14.4. The quantitative estimate of drug-likeness (QED) is 0.461. The van der Waals surface area contributed by atoms with E-state index in [1.165, 1.54) is 0 Å². The predicted molar refractivity (Wildman–Crippen MR) is 68.9 cm³/mol. The smallest absolute Gasteiger partial charge is 0.0717 e. The number of aromatic nitrogens is 3. The molecule has 0 amide bonds. The number of nitrogens with one attached hydrogen (secondary N) is 1. The third-order valence-electron chi connectivity index (χ3n) is 3.12. The molecule has 0 spiro atoms. The van der Waals surface area contributed by atoms with Gasteiger partial charge < -0.3 is 0 Å². The molecule has 3 nitrogen and oxygen atoms in total. The summed E-state index contributed by atoms with van der Waals surface area (Å²) in [7, 11) is 0. The number of pyridine rings is 1. The van der Waals surface area contributed by atoms with Crippen molar-refractivity contribution in [3.8, 4) is 0 Å². The summed E-state index contributed by atoms with van der Waals surface area (Å²) >= 11 is 0. The van der Waals surface area contributed by atoms with Crippen molar-refractivity contribution in [1.29, 1.82) is 0 Å². The van der Waals surface area contributed by atoms with Crippen LogP contribution in [-0.4, -0.2) is 15.2 Å². The van der Waals surface area contributed by atoms with Gasteiger partial charge in [-0.25, -0.2) is 4.98 Å². The Kier molecular flexibility index (Phi) is 1.56. The van der Waals surface area contributed by atoms with Gasteiger partial charge in [-0.05, 0) is 24.3 Å². The zero-order chi connectivity index (χ0) is 11.2. The van der Waals surface area contributed by atoms with E-state index >= 15 is 0 Å². The van der Waals surface area contributed by atoms with E-state index in [1.807, 2.05) is 36.5 Å². The molecule has 4 rings (SSSR count). The average Bonchev–Trinajstić information content (AvgIpc) is 2.85. The molecule has 0 fully saturated rings. The highest BCUT2D eigenvalue weighted by Crippen LogP contribution is 2.25. The third kappa shape index (κ3) is 1.16. The van der Waals surface area contributed by atoms with Gasteiger partial charge in [0.1, 0.15) is 0 Å². The number of H-pyrrole nitrogens is 1. The summed E-state index contributed by atoms with van der Waals surface area (Å²) < 4.78 is 0. The second-order valence-electron chi connectivity index (χ2n) is 4.14. The van der Waals surface area contributed by atoms with Crippen LogP contribution in [0.15, 0.2) is 48.7 Å². The van der Waals surface area contributed by atoms with Gasteiger partial charge in [-0.15, -0.1) is 0 Å². The first-order valence-electron chi connectivity index (χ1n) is 5.53. The lowest BCUT2D eigenvalue weighted by molar-refractivity contribution is 1.12. The molecule has 4 aromatic rings. The normalized spacial score (nSPS) is 11.5. The summed E-state index contributed by atoms with van der Waals surface area (Å²) in [5, 5.41) is 10.5. The van der Waals surface area contributed by atoms with Crippen LogP contribution in [0.25, 0.3) is 32.7 Å². The minimum absolute atomic E-state index is 1.01. The second-order valence-corrected chi connectivity index (χ2v) is 4.14. The van der Waals surface area contributed by atoms with Gasteiger partial charge in [0, 0.05) is 16.2 Å². The van der Waals surface area contributed by atoms with E-state index < -0.39 is 0 Å². The summed E-state index contributed by atoms with van der Waals surface area (Å²) in [6.07, 6.45) is 1.86. The molecule has 17 heavy (non-hydrogen) atoms. The zero-order valence-corrected chi connectivity index (χ0v) is 9.01. The lowest BCUT2D eigenvalue weighted by Crippen LogP contribution is -1.82. The van der Waals surface area contributed by atoms with Gasteiger partial charge in [0.25, 0.3) is 0 Å². The van der Waals surface area contributed by atoms with Crippen LogP contribution in [-0.2, 0) is 0 Å². The Morgan fingerprint density at radius 2 is 1.82 bits per heavy atom. The number of rotatable bonds is 0. The van der Waals surface area contributed by atoms with Crippen LogP contribution in [0.2, 0.25) is 0 Å². The average molecular weight is 219 g/mol. The van der Waals surface area contributed by atoms with Gasteiger partial charge in [-0.3, -0.25) is 5.10 Å². The molecule has 0 unspecified atom stereocenters. The van der Waals surface area contributed by atoms with Crippen LogP contribution in [0.3, 0.4) is 0 Å². The Bertz CT molecular complexity index is 846. The molecule has 0 saturated carbocycles. The van der Waals surface area contributed by atoms with Crippen molar-refractivity contribution in [1.82, 2.24) is 15.2 Å². The first kappa shape index (κ1) is 8.70. The molecule has 3 heteroatoms. The Morgan fingerprint density at radius 3 is 2.82 bits per heavy atom. The van der Waals surface area contributed by atoms with E-state index in [1.54, 1.807) is 0 Å². The number of nitrogens with zero attached hydrogens (tertiary/aromatic N) is 2. The van der Waals surface area contributed by atoms with E-state index in [0.717, 1.165) is 32.7 Å². The zero-order valence-electron chi connectivity index (χ0n) is 9.01. The van der Waals surface area contributed by atoms with E-state index in [0.29, 0.717) is 0 Å². The maximum atomic E-state index is 4.67. The van der Waals surface area contributed by atoms with Crippen molar-refractivity contribution >= 4 is 32.7 Å². The summed E-state index contributed by atoms with van der Waals surface area (Å²) in [6.45, 7) is 0. The molecule has 80 valence electrons. The third-order valence-corrected chi connectivity index (χ3v) is 3.12. The minimum Gasteiger partial charge on any atom is -0.278 e. The van der Waals surface area contributed by atoms with Crippen LogP contribution in [0, 0.1) is 0 Å². The summed E-state index contributed by atoms with van der Waals surface area (Å²) in [5.74, 6) is 0. The minimum atomic E-state index is 1.01. The van der Waals surface area contributed by atoms with Gasteiger partial charge in [0.05, 0.1) is 22.7 Å². The number of para-hydroxylation sites is 1. The summed E-state index contributed by atoms with van der Waals surface area (Å²) in [5.41, 5.74) is 3.09. The first-order chi connectivity index (χ1) is 8.42. The second kappa shape index (κ2) is 3.04. The van der Waals surface area contributed by atoms with Crippen LogP contribution in [0.1, 0.15) is 0 Å². The SMILES string of the molecule is c1ccc2nc3ccc4[nH]ncc4c3cc2c1. The molecule has 0 atom stereocenters. The molecule has 0 radical (unpaired) electrons. The molecule has 1 N–H and O–H groups in total. The molecule has 0 aliphatic rings. The van der Waals surface area contributed by atoms with Crippen molar-refractivity contribution in [3.63, 3.8) is 0 Å². The van der Waals surface area contributed by atoms with Crippen LogP contribution < -0.4 is 0 Å². The molecule has 0 saturated heterocycles. The number of fused-ring (bicyclic) bond motifs is 4. The molecule has 0 aliphatic carbocycles. The van der Waals surface area contributed by atoms with Crippen molar-refractivity contribution < 1.29 is 0 Å². The molecular formula is C14H9N3.